The molecule has 1 aliphatic heterocycles. The van der Waals surface area contributed by atoms with E-state index in [4.69, 9.17) is 29.9 Å². The lowest BCUT2D eigenvalue weighted by molar-refractivity contribution is 0.630. The van der Waals surface area contributed by atoms with Crippen LogP contribution < -0.4 is 14.7 Å². The molecule has 1 aliphatic rings. The van der Waals surface area contributed by atoms with Crippen molar-refractivity contribution in [1.29, 1.82) is 0 Å². The molecule has 0 amide bonds. The maximum atomic E-state index is 5.53. The molecular weight excluding hydrogens is 1660 g/mol. The fourth-order valence-electron chi connectivity index (χ4n) is 22.0. The summed E-state index contributed by atoms with van der Waals surface area (Å²) in [6.07, 6.45) is 0. The smallest absolute Gasteiger partial charge is 0.215 e. The molecule has 6 N–H and O–H groups in total. The second kappa shape index (κ2) is 28.3. The van der Waals surface area contributed by atoms with E-state index in [9.17, 15) is 0 Å². The topological polar surface area (TPSA) is 197 Å². The third kappa shape index (κ3) is 11.1. The van der Waals surface area contributed by atoms with Crippen molar-refractivity contribution in [2.45, 2.75) is 19.3 Å². The third-order valence-electron chi connectivity index (χ3n) is 28.2. The van der Waals surface area contributed by atoms with E-state index in [1.807, 2.05) is 60.7 Å². The lowest BCUT2D eigenvalue weighted by atomic mass is 9.75. The van der Waals surface area contributed by atoms with Crippen LogP contribution in [0.2, 0.25) is 0 Å². The highest BCUT2D eigenvalue weighted by molar-refractivity contribution is 6.27. The number of para-hydroxylation sites is 13. The highest BCUT2D eigenvalue weighted by Gasteiger charge is 2.37. The van der Waals surface area contributed by atoms with Gasteiger partial charge < -0.3 is 43.6 Å². The largest absolute Gasteiger partial charge is 0.323 e. The van der Waals surface area contributed by atoms with E-state index < -0.39 is 0 Å². The van der Waals surface area contributed by atoms with Crippen LogP contribution in [0.5, 0.6) is 0 Å². The highest BCUT2D eigenvalue weighted by atomic mass is 15.4. The average Bonchev–Trinajstić information content (AvgIpc) is 1.55. The van der Waals surface area contributed by atoms with Gasteiger partial charge in [-0.15, -0.1) is 0 Å². The molecule has 0 saturated carbocycles. The Morgan fingerprint density at radius 2 is 0.681 bits per heavy atom. The van der Waals surface area contributed by atoms with Crippen molar-refractivity contribution >= 4 is 217 Å². The molecule has 0 spiro atoms. The number of aromatic nitrogens is 15. The van der Waals surface area contributed by atoms with Crippen molar-refractivity contribution in [2.24, 2.45) is 0 Å². The van der Waals surface area contributed by atoms with Gasteiger partial charge >= 0.3 is 0 Å². The summed E-state index contributed by atoms with van der Waals surface area (Å²) in [6, 6.07) is 139. The predicted molar refractivity (Wildman–Crippen MR) is 552 cm³/mol. The predicted octanol–water partition coefficient (Wildman–Crippen LogP) is 29.7. The van der Waals surface area contributed by atoms with E-state index in [0.717, 1.165) is 215 Å². The summed E-state index contributed by atoms with van der Waals surface area (Å²) in [5.74, 6) is 3.82. The van der Waals surface area contributed by atoms with Gasteiger partial charge in [0.15, 0.2) is 0 Å². The van der Waals surface area contributed by atoms with Crippen molar-refractivity contribution in [3.05, 3.63) is 399 Å². The molecular formula is C117H76N18. The normalized spacial score (nSPS) is 12.7. The first-order valence-electron chi connectivity index (χ1n) is 45.7. The third-order valence-corrected chi connectivity index (χ3v) is 28.2. The summed E-state index contributed by atoms with van der Waals surface area (Å²) in [5, 5.41) is 13.6. The van der Waals surface area contributed by atoms with E-state index in [0.29, 0.717) is 35.7 Å². The maximum Gasteiger partial charge on any atom is 0.215 e. The molecule has 28 aromatic rings. The second-order valence-electron chi connectivity index (χ2n) is 35.9. The summed E-state index contributed by atoms with van der Waals surface area (Å²) in [5.41, 5.74) is 31.9. The van der Waals surface area contributed by atoms with Gasteiger partial charge in [0.05, 0.1) is 128 Å². The van der Waals surface area contributed by atoms with E-state index >= 15 is 0 Å². The number of hydrogen-bond acceptors (Lipinski definition) is 9. The number of hydrogen-bond donors (Lipinski definition) is 6. The lowest BCUT2D eigenvalue weighted by Gasteiger charge is -2.34. The number of rotatable bonds is 14. The quantitative estimate of drug-likeness (QED) is 0.0574. The zero-order valence-electron chi connectivity index (χ0n) is 72.8. The molecule has 18 nitrogen and oxygen atoms in total. The minimum Gasteiger partial charge on any atom is -0.323 e. The maximum absolute atomic E-state index is 5.53. The minimum atomic E-state index is -0.192. The van der Waals surface area contributed by atoms with Crippen molar-refractivity contribution < 1.29 is 0 Å². The highest BCUT2D eigenvalue weighted by Crippen LogP contribution is 2.53. The van der Waals surface area contributed by atoms with Crippen LogP contribution in [0, 0.1) is 0 Å². The van der Waals surface area contributed by atoms with Crippen LogP contribution in [0.25, 0.3) is 214 Å². The molecule has 0 saturated heterocycles. The Hall–Kier alpha value is -18.4. The molecule has 0 atom stereocenters. The summed E-state index contributed by atoms with van der Waals surface area (Å²) in [6.45, 7) is 4.69. The van der Waals surface area contributed by atoms with Crippen molar-refractivity contribution in [1.82, 2.24) is 73.5 Å². The van der Waals surface area contributed by atoms with Crippen LogP contribution in [-0.2, 0) is 5.41 Å². The van der Waals surface area contributed by atoms with E-state index in [1.165, 1.54) is 27.7 Å². The van der Waals surface area contributed by atoms with Crippen molar-refractivity contribution in [3.8, 4) is 50.4 Å². The van der Waals surface area contributed by atoms with Gasteiger partial charge in [-0.3, -0.25) is 0 Å². The van der Waals surface area contributed by atoms with Crippen molar-refractivity contribution in [2.75, 3.05) is 14.7 Å². The SMILES string of the molecule is CC1(C)c2ccccc2-n2c3ccc(N(c4nc5ccccc5[nH]4)c4nc5cccc(-c6ccc7c8ccc(-n9c%10ccccc%10c%10c(N(c%11nc%12ccccc%12[nH]%11)c%11nc%12ccc(-c%13ccc(-n%14c%15ccccc%15c%15c(N(c%16nc%17ccccc%17[nH]%16)c%16nc%17ccccc%17[nH]%16)cccc%15%14)c(-c%14ccccc%14)c%13)cc%12[nH]%11)cccc%109)cc8c8ccccc8c7c6)c5[nH]4)cc3c3cccc1c32. The van der Waals surface area contributed by atoms with Gasteiger partial charge in [-0.25, -0.2) is 44.6 Å². The number of H-pyrrole nitrogens is 6. The molecule has 10 heterocycles. The number of anilines is 9. The number of nitrogens with zero attached hydrogens (tertiary/aromatic N) is 12. The summed E-state index contributed by atoms with van der Waals surface area (Å²) < 4.78 is 7.30. The van der Waals surface area contributed by atoms with Gasteiger partial charge in [0.2, 0.25) is 35.7 Å². The van der Waals surface area contributed by atoms with Crippen molar-refractivity contribution in [3.63, 3.8) is 0 Å². The first kappa shape index (κ1) is 74.5. The molecule has 135 heavy (non-hydrogen) atoms. The number of nitrogens with one attached hydrogen (secondary N) is 6. The monoisotopic (exact) mass is 1730 g/mol. The van der Waals surface area contributed by atoms with Crippen LogP contribution >= 0.6 is 0 Å². The number of imidazole rings is 6. The Bertz CT molecular complexity index is 9660. The Morgan fingerprint density at radius 1 is 0.237 bits per heavy atom. The number of benzene rings is 19. The number of aromatic amines is 6. The second-order valence-corrected chi connectivity index (χ2v) is 35.9. The van der Waals surface area contributed by atoms with Gasteiger partial charge in [-0.1, -0.05) is 244 Å². The van der Waals surface area contributed by atoms with Gasteiger partial charge in [0.1, 0.15) is 0 Å². The zero-order valence-corrected chi connectivity index (χ0v) is 72.8. The van der Waals surface area contributed by atoms with Crippen LogP contribution in [0.3, 0.4) is 0 Å². The zero-order chi connectivity index (χ0) is 88.6. The molecule has 18 heteroatoms. The first-order chi connectivity index (χ1) is 66.7. The first-order valence-corrected chi connectivity index (χ1v) is 45.7. The molecule has 0 radical (unpaired) electrons. The Balaban J connectivity index is 0.534. The molecule has 0 bridgehead atoms. The molecule has 634 valence electrons. The van der Waals surface area contributed by atoms with Crippen LogP contribution in [-0.4, -0.2) is 73.5 Å². The summed E-state index contributed by atoms with van der Waals surface area (Å²) in [7, 11) is 0. The molecule has 0 aliphatic carbocycles. The summed E-state index contributed by atoms with van der Waals surface area (Å²) >= 11 is 0. The summed E-state index contributed by atoms with van der Waals surface area (Å²) in [4.78, 5) is 61.1. The van der Waals surface area contributed by atoms with Gasteiger partial charge in [0.25, 0.3) is 0 Å². The Morgan fingerprint density at radius 3 is 1.32 bits per heavy atom. The number of fused-ring (bicyclic) bond motifs is 23. The Labute approximate surface area is 769 Å². The molecule has 9 aromatic heterocycles. The van der Waals surface area contributed by atoms with Crippen LogP contribution in [0.15, 0.2) is 388 Å². The van der Waals surface area contributed by atoms with E-state index in [-0.39, 0.29) is 5.41 Å². The van der Waals surface area contributed by atoms with Crippen LogP contribution in [0.4, 0.5) is 52.8 Å². The average molecular weight is 1730 g/mol. The lowest BCUT2D eigenvalue weighted by Crippen LogP contribution is -2.26. The molecule has 0 unspecified atom stereocenters. The van der Waals surface area contributed by atoms with Gasteiger partial charge in [0, 0.05) is 54.5 Å². The Kier molecular flexibility index (Phi) is 15.6. The van der Waals surface area contributed by atoms with Crippen LogP contribution in [0.1, 0.15) is 25.0 Å². The molecule has 0 fully saturated rings. The molecule has 29 rings (SSSR count). The fraction of sp³-hybridized carbons (Fsp3) is 0.0256. The minimum absolute atomic E-state index is 0.192. The van der Waals surface area contributed by atoms with E-state index in [2.05, 4.69) is 400 Å². The van der Waals surface area contributed by atoms with Gasteiger partial charge in [-0.2, -0.15) is 0 Å². The van der Waals surface area contributed by atoms with E-state index in [1.54, 1.807) is 0 Å². The fourth-order valence-corrected chi connectivity index (χ4v) is 22.0. The standard InChI is InChI=1S/C117H76N18/c1-117(2)85-34-10-21-47-102(85)133-101-61-56-72(66-84(101)78-33-22-35-86(117)110(78)133)131(111-118-87-36-11-12-37-88(87)119-111)116-127-96-44-23-32-73(109(96)129-116)70-52-57-76-77-58-55-71(65-83(77)75-29-7-6-28-74(75)82(76)63-70)130-98-45-19-8-30-79(98)107-103(130)48-24-50-105(107)135(114-124-93-42-17-18-43-94(93)125-114)115-126-95-59-53-69(64-97(95)128-115)68-54-60-100(81(62-68)67-26-4-3-5-27-67)132-99-46-20-9-31-80(99)108-104(132)49-25-51-106(108)134(112-120-89-38-13-14-39-90(89)121-112)113-122-91-40-15-16-41-92(91)123-113/h3-66H,1-2H3,(H,118,119)(H,120,121)(H,122,123)(H,124,125)(H,126,128)(H,127,129). The molecule has 19 aromatic carbocycles. The van der Waals surface area contributed by atoms with Gasteiger partial charge in [-0.05, 0) is 223 Å².